The van der Waals surface area contributed by atoms with Gasteiger partial charge >= 0.3 is 6.18 Å². The number of likely N-dealkylation sites (tertiary alicyclic amines) is 1. The highest BCUT2D eigenvalue weighted by Gasteiger charge is 2.42. The van der Waals surface area contributed by atoms with E-state index in [0.717, 1.165) is 27.4 Å². The lowest BCUT2D eigenvalue weighted by molar-refractivity contribution is -0.139. The third kappa shape index (κ3) is 3.71. The Kier molecular flexibility index (Phi) is 5.04. The van der Waals surface area contributed by atoms with Crippen LogP contribution in [0.2, 0.25) is 0 Å². The molecule has 0 aliphatic carbocycles. The number of rotatable bonds is 3. The van der Waals surface area contributed by atoms with E-state index < -0.39 is 32.7 Å². The fourth-order valence-electron chi connectivity index (χ4n) is 3.26. The summed E-state index contributed by atoms with van der Waals surface area (Å²) in [4.78, 5) is 26.1. The number of carbonyl (C=O) groups excluding carboxylic acids is 2. The zero-order chi connectivity index (χ0) is 20.0. The van der Waals surface area contributed by atoms with Gasteiger partial charge in [-0.3, -0.25) is 19.4 Å². The molecule has 2 amide bonds. The molecular weight excluding hydrogens is 387 g/mol. The standard InChI is InChI=1S/C16H18F3N3O4S/c1-20-14(23)10-13(15(20)24)21-5-7-22(8-6-21)27(25,26)12-4-2-3-11(9-12)16(17,18)19/h2-4,9,13H,5-8,10H2,1H3/t13-/m1/s1. The zero-order valence-electron chi connectivity index (χ0n) is 14.4. The van der Waals surface area contributed by atoms with Gasteiger partial charge in [-0.2, -0.15) is 17.5 Å². The fourth-order valence-corrected chi connectivity index (χ4v) is 4.73. The molecule has 2 aliphatic rings. The van der Waals surface area contributed by atoms with Crippen LogP contribution in [0.1, 0.15) is 12.0 Å². The van der Waals surface area contributed by atoms with Crippen molar-refractivity contribution in [2.75, 3.05) is 33.2 Å². The molecule has 1 aromatic carbocycles. The number of benzene rings is 1. The Balaban J connectivity index is 1.72. The molecule has 11 heteroatoms. The summed E-state index contributed by atoms with van der Waals surface area (Å²) >= 11 is 0. The van der Waals surface area contributed by atoms with Crippen molar-refractivity contribution < 1.29 is 31.2 Å². The molecule has 27 heavy (non-hydrogen) atoms. The van der Waals surface area contributed by atoms with E-state index in [2.05, 4.69) is 0 Å². The highest BCUT2D eigenvalue weighted by molar-refractivity contribution is 7.89. The van der Waals surface area contributed by atoms with E-state index in [0.29, 0.717) is 6.07 Å². The van der Waals surface area contributed by atoms with E-state index in [9.17, 15) is 31.2 Å². The predicted octanol–water partition coefficient (Wildman–Crippen LogP) is 0.769. The molecule has 7 nitrogen and oxygen atoms in total. The lowest BCUT2D eigenvalue weighted by Crippen LogP contribution is -2.53. The summed E-state index contributed by atoms with van der Waals surface area (Å²) in [5.41, 5.74) is -1.03. The lowest BCUT2D eigenvalue weighted by atomic mass is 10.2. The van der Waals surface area contributed by atoms with Crippen LogP contribution in [-0.2, 0) is 25.8 Å². The first kappa shape index (κ1) is 19.8. The van der Waals surface area contributed by atoms with Gasteiger partial charge in [-0.15, -0.1) is 0 Å². The molecule has 0 aromatic heterocycles. The number of nitrogens with zero attached hydrogens (tertiary/aromatic N) is 3. The minimum atomic E-state index is -4.63. The smallest absolute Gasteiger partial charge is 0.289 e. The second-order valence-corrected chi connectivity index (χ2v) is 8.41. The molecule has 148 valence electrons. The first-order chi connectivity index (χ1) is 12.5. The van der Waals surface area contributed by atoms with Crippen molar-refractivity contribution in [3.8, 4) is 0 Å². The molecule has 2 saturated heterocycles. The van der Waals surface area contributed by atoms with E-state index in [1.807, 2.05) is 0 Å². The minimum absolute atomic E-state index is 0.0280. The topological polar surface area (TPSA) is 78.0 Å². The van der Waals surface area contributed by atoms with Gasteiger partial charge in [-0.25, -0.2) is 8.42 Å². The SMILES string of the molecule is CN1C(=O)C[C@@H](N2CCN(S(=O)(=O)c3cccc(C(F)(F)F)c3)CC2)C1=O. The number of amides is 2. The van der Waals surface area contributed by atoms with Gasteiger partial charge in [0.25, 0.3) is 0 Å². The van der Waals surface area contributed by atoms with Gasteiger partial charge in [-0.05, 0) is 18.2 Å². The van der Waals surface area contributed by atoms with Crippen LogP contribution in [0.3, 0.4) is 0 Å². The molecule has 0 bridgehead atoms. The Morgan fingerprint density at radius 1 is 1.07 bits per heavy atom. The summed E-state index contributed by atoms with van der Waals surface area (Å²) in [5, 5.41) is 0. The molecule has 2 heterocycles. The van der Waals surface area contributed by atoms with Crippen LogP contribution in [0.15, 0.2) is 29.2 Å². The molecule has 0 N–H and O–H groups in total. The van der Waals surface area contributed by atoms with Crippen molar-refractivity contribution >= 4 is 21.8 Å². The number of imide groups is 1. The van der Waals surface area contributed by atoms with Crippen LogP contribution >= 0.6 is 0 Å². The summed E-state index contributed by atoms with van der Waals surface area (Å²) in [6.45, 7) is 0.492. The number of hydrogen-bond acceptors (Lipinski definition) is 5. The van der Waals surface area contributed by atoms with Gasteiger partial charge in [0.1, 0.15) is 0 Å². The summed E-state index contributed by atoms with van der Waals surface area (Å²) in [7, 11) is -2.68. The molecule has 1 atom stereocenters. The van der Waals surface area contributed by atoms with Gasteiger partial charge in [-0.1, -0.05) is 6.07 Å². The molecule has 2 aliphatic heterocycles. The van der Waals surface area contributed by atoms with Crippen LogP contribution in [-0.4, -0.2) is 73.6 Å². The summed E-state index contributed by atoms with van der Waals surface area (Å²) < 4.78 is 65.0. The maximum Gasteiger partial charge on any atom is 0.416 e. The number of piperazine rings is 1. The van der Waals surface area contributed by atoms with Crippen LogP contribution < -0.4 is 0 Å². The van der Waals surface area contributed by atoms with E-state index in [1.54, 1.807) is 4.90 Å². The van der Waals surface area contributed by atoms with Crippen LogP contribution in [0.5, 0.6) is 0 Å². The van der Waals surface area contributed by atoms with Gasteiger partial charge < -0.3 is 0 Å². The van der Waals surface area contributed by atoms with Crippen LogP contribution in [0.4, 0.5) is 13.2 Å². The number of hydrogen-bond donors (Lipinski definition) is 0. The fraction of sp³-hybridized carbons (Fsp3) is 0.500. The quantitative estimate of drug-likeness (QED) is 0.695. The van der Waals surface area contributed by atoms with Gasteiger partial charge in [0.15, 0.2) is 0 Å². The van der Waals surface area contributed by atoms with Crippen LogP contribution in [0.25, 0.3) is 0 Å². The predicted molar refractivity (Wildman–Crippen MR) is 88.0 cm³/mol. The van der Waals surface area contributed by atoms with Crippen molar-refractivity contribution in [2.24, 2.45) is 0 Å². The summed E-state index contributed by atoms with van der Waals surface area (Å²) in [6.07, 6.45) is -4.58. The summed E-state index contributed by atoms with van der Waals surface area (Å²) in [5.74, 6) is -0.613. The highest BCUT2D eigenvalue weighted by atomic mass is 32.2. The van der Waals surface area contributed by atoms with Crippen molar-refractivity contribution in [3.63, 3.8) is 0 Å². The van der Waals surface area contributed by atoms with Gasteiger partial charge in [0.05, 0.1) is 22.9 Å². The lowest BCUT2D eigenvalue weighted by Gasteiger charge is -2.36. The Morgan fingerprint density at radius 2 is 1.70 bits per heavy atom. The largest absolute Gasteiger partial charge is 0.416 e. The third-order valence-electron chi connectivity index (χ3n) is 4.87. The number of alkyl halides is 3. The van der Waals surface area contributed by atoms with Crippen molar-refractivity contribution in [2.45, 2.75) is 23.5 Å². The second kappa shape index (κ2) is 6.88. The normalized spacial score (nSPS) is 23.3. The molecule has 0 unspecified atom stereocenters. The first-order valence-corrected chi connectivity index (χ1v) is 9.67. The first-order valence-electron chi connectivity index (χ1n) is 8.23. The molecule has 0 spiro atoms. The third-order valence-corrected chi connectivity index (χ3v) is 6.77. The maximum atomic E-state index is 12.8. The van der Waals surface area contributed by atoms with Gasteiger partial charge in [0, 0.05) is 33.2 Å². The highest BCUT2D eigenvalue weighted by Crippen LogP contribution is 2.31. The second-order valence-electron chi connectivity index (χ2n) is 6.48. The minimum Gasteiger partial charge on any atom is -0.289 e. The number of carbonyl (C=O) groups is 2. The molecule has 3 rings (SSSR count). The molecule has 1 aromatic rings. The molecular formula is C16H18F3N3O4S. The average Bonchev–Trinajstić information content (AvgIpc) is 2.89. The van der Waals surface area contributed by atoms with Crippen molar-refractivity contribution in [3.05, 3.63) is 29.8 Å². The van der Waals surface area contributed by atoms with E-state index >= 15 is 0 Å². The molecule has 0 saturated carbocycles. The van der Waals surface area contributed by atoms with Crippen molar-refractivity contribution in [1.82, 2.24) is 14.1 Å². The molecule has 0 radical (unpaired) electrons. The maximum absolute atomic E-state index is 12.8. The number of likely N-dealkylation sites (N-methyl/N-ethyl adjacent to an activating group) is 1. The van der Waals surface area contributed by atoms with Crippen molar-refractivity contribution in [1.29, 1.82) is 0 Å². The monoisotopic (exact) mass is 405 g/mol. The van der Waals surface area contributed by atoms with Crippen LogP contribution in [0, 0.1) is 0 Å². The van der Waals surface area contributed by atoms with E-state index in [4.69, 9.17) is 0 Å². The van der Waals surface area contributed by atoms with E-state index in [-0.39, 0.29) is 44.4 Å². The van der Waals surface area contributed by atoms with Gasteiger partial charge in [0.2, 0.25) is 21.8 Å². The van der Waals surface area contributed by atoms with E-state index in [1.165, 1.54) is 7.05 Å². The Labute approximate surface area is 154 Å². The Bertz CT molecular complexity index is 864. The Hall–Kier alpha value is -1.98. The summed E-state index contributed by atoms with van der Waals surface area (Å²) in [6, 6.07) is 3.02. The Morgan fingerprint density at radius 3 is 2.22 bits per heavy atom. The number of sulfonamides is 1. The molecule has 2 fully saturated rings. The number of halogens is 3. The zero-order valence-corrected chi connectivity index (χ0v) is 15.3. The average molecular weight is 405 g/mol.